The topological polar surface area (TPSA) is 101 Å². The van der Waals surface area contributed by atoms with Crippen LogP contribution in [0.15, 0.2) is 54.6 Å². The number of amides is 3. The number of carbonyl (C=O) groups is 3. The molecule has 170 valence electrons. The highest BCUT2D eigenvalue weighted by molar-refractivity contribution is 6.35. The third-order valence-electron chi connectivity index (χ3n) is 5.99. The summed E-state index contributed by atoms with van der Waals surface area (Å²) in [7, 11) is 0. The second kappa shape index (κ2) is 8.96. The quantitative estimate of drug-likeness (QED) is 0.264. The summed E-state index contributed by atoms with van der Waals surface area (Å²) in [5, 5.41) is 13.9. The zero-order valence-electron chi connectivity index (χ0n) is 17.5. The Labute approximate surface area is 199 Å². The fourth-order valence-corrected chi connectivity index (χ4v) is 4.83. The van der Waals surface area contributed by atoms with Gasteiger partial charge in [0.05, 0.1) is 23.3 Å². The number of fused-ring (bicyclic) bond motifs is 1. The van der Waals surface area contributed by atoms with Crippen LogP contribution in [0, 0.1) is 27.9 Å². The van der Waals surface area contributed by atoms with E-state index in [9.17, 15) is 24.5 Å². The number of benzene rings is 2. The van der Waals surface area contributed by atoms with Crippen LogP contribution in [-0.2, 0) is 16.1 Å². The fraction of sp³-hybridized carbons (Fsp3) is 0.261. The van der Waals surface area contributed by atoms with Gasteiger partial charge < -0.3 is 0 Å². The number of nitrogens with zero attached hydrogens (tertiary/aromatic N) is 3. The van der Waals surface area contributed by atoms with Crippen molar-refractivity contribution in [3.63, 3.8) is 0 Å². The van der Waals surface area contributed by atoms with Gasteiger partial charge in [-0.1, -0.05) is 60.5 Å². The molecule has 0 spiro atoms. The fourth-order valence-electron chi connectivity index (χ4n) is 4.37. The van der Waals surface area contributed by atoms with E-state index >= 15 is 0 Å². The maximum Gasteiger partial charge on any atom is 0.282 e. The molecule has 1 heterocycles. The van der Waals surface area contributed by atoms with Crippen LogP contribution in [0.4, 0.5) is 5.69 Å². The molecule has 3 atom stereocenters. The van der Waals surface area contributed by atoms with Crippen LogP contribution >= 0.6 is 23.2 Å². The van der Waals surface area contributed by atoms with E-state index in [0.717, 1.165) is 10.0 Å². The van der Waals surface area contributed by atoms with Crippen LogP contribution in [0.3, 0.4) is 0 Å². The van der Waals surface area contributed by atoms with Gasteiger partial charge in [-0.15, -0.1) is 0 Å². The van der Waals surface area contributed by atoms with Crippen LogP contribution in [0.5, 0.6) is 0 Å². The van der Waals surface area contributed by atoms with Gasteiger partial charge in [0, 0.05) is 16.1 Å². The van der Waals surface area contributed by atoms with E-state index in [4.69, 9.17) is 23.2 Å². The molecule has 2 aliphatic rings. The minimum Gasteiger partial charge on any atom is -0.272 e. The number of imide groups is 1. The maximum absolute atomic E-state index is 13.6. The molecule has 4 rings (SSSR count). The zero-order valence-corrected chi connectivity index (χ0v) is 19.0. The molecule has 0 aromatic heterocycles. The monoisotopic (exact) mass is 487 g/mol. The van der Waals surface area contributed by atoms with Crippen molar-refractivity contribution in [3.8, 4) is 0 Å². The van der Waals surface area contributed by atoms with Gasteiger partial charge >= 0.3 is 0 Å². The molecule has 2 aromatic rings. The second-order valence-electron chi connectivity index (χ2n) is 8.02. The molecular weight excluding hydrogens is 469 g/mol. The molecule has 1 saturated heterocycles. The van der Waals surface area contributed by atoms with E-state index in [1.54, 1.807) is 12.1 Å². The van der Waals surface area contributed by atoms with E-state index in [1.165, 1.54) is 30.3 Å². The molecular formula is C23H19Cl2N3O5. The molecule has 0 radical (unpaired) electrons. The Morgan fingerprint density at radius 1 is 1.18 bits per heavy atom. The number of nitro benzene ring substituents is 1. The Bertz CT molecular complexity index is 1200. The maximum atomic E-state index is 13.6. The SMILES string of the molecule is C[C@@H]1C=CC[C@H]2C(=O)N(N(Cc3ccc(Cl)cc3Cl)C(=O)c3ccccc3[N+](=O)[O-])C(=O)[C@@H]12. The number of hydrogen-bond acceptors (Lipinski definition) is 5. The Hall–Kier alpha value is -3.23. The van der Waals surface area contributed by atoms with E-state index in [-0.39, 0.29) is 23.0 Å². The summed E-state index contributed by atoms with van der Waals surface area (Å²) in [6.45, 7) is 1.59. The van der Waals surface area contributed by atoms with Gasteiger partial charge in [-0.05, 0) is 36.1 Å². The van der Waals surface area contributed by atoms with Gasteiger partial charge in [-0.25, -0.2) is 5.01 Å². The molecule has 1 aliphatic carbocycles. The number of nitro groups is 1. The van der Waals surface area contributed by atoms with Gasteiger partial charge in [0.15, 0.2) is 0 Å². The van der Waals surface area contributed by atoms with Crippen molar-refractivity contribution in [1.29, 1.82) is 0 Å². The van der Waals surface area contributed by atoms with Crippen molar-refractivity contribution < 1.29 is 19.3 Å². The molecule has 33 heavy (non-hydrogen) atoms. The van der Waals surface area contributed by atoms with Gasteiger partial charge in [0.2, 0.25) is 0 Å². The minimum atomic E-state index is -0.853. The largest absolute Gasteiger partial charge is 0.282 e. The van der Waals surface area contributed by atoms with Gasteiger partial charge in [0.25, 0.3) is 23.4 Å². The molecule has 2 aromatic carbocycles. The molecule has 0 bridgehead atoms. The van der Waals surface area contributed by atoms with E-state index in [0.29, 0.717) is 17.0 Å². The van der Waals surface area contributed by atoms with E-state index in [2.05, 4.69) is 0 Å². The third kappa shape index (κ3) is 4.12. The number of hydrazine groups is 1. The Kier molecular flexibility index (Phi) is 6.23. The summed E-state index contributed by atoms with van der Waals surface area (Å²) in [5.41, 5.74) is -0.245. The standard InChI is InChI=1S/C23H19Cl2N3O5/c1-13-5-4-7-17-20(13)23(31)27(22(17)30)26(12-14-9-10-15(24)11-18(14)25)21(29)16-6-2-3-8-19(16)28(32)33/h2-6,8-11,13,17,20H,7,12H2,1H3/t13-,17-,20+/m1/s1. The van der Waals surface area contributed by atoms with Crippen LogP contribution in [0.1, 0.15) is 29.3 Å². The van der Waals surface area contributed by atoms with Crippen molar-refractivity contribution >= 4 is 46.6 Å². The molecule has 0 saturated carbocycles. The van der Waals surface area contributed by atoms with E-state index in [1.807, 2.05) is 19.1 Å². The van der Waals surface area contributed by atoms with Crippen molar-refractivity contribution in [3.05, 3.63) is 85.9 Å². The predicted molar refractivity (Wildman–Crippen MR) is 121 cm³/mol. The second-order valence-corrected chi connectivity index (χ2v) is 8.86. The van der Waals surface area contributed by atoms with Crippen molar-refractivity contribution in [1.82, 2.24) is 10.0 Å². The van der Waals surface area contributed by atoms with Crippen LogP contribution in [0.2, 0.25) is 10.0 Å². The Morgan fingerprint density at radius 3 is 2.58 bits per heavy atom. The highest BCUT2D eigenvalue weighted by Gasteiger charge is 2.53. The molecule has 1 fully saturated rings. The lowest BCUT2D eigenvalue weighted by Crippen LogP contribution is -2.50. The number of halogens is 2. The first-order valence-electron chi connectivity index (χ1n) is 10.2. The lowest BCUT2D eigenvalue weighted by Gasteiger charge is -2.31. The highest BCUT2D eigenvalue weighted by atomic mass is 35.5. The van der Waals surface area contributed by atoms with Gasteiger partial charge in [-0.3, -0.25) is 24.5 Å². The Morgan fingerprint density at radius 2 is 1.91 bits per heavy atom. The molecule has 3 amide bonds. The summed E-state index contributed by atoms with van der Waals surface area (Å²) >= 11 is 12.3. The first-order chi connectivity index (χ1) is 15.7. The molecule has 8 nitrogen and oxygen atoms in total. The summed E-state index contributed by atoms with van der Waals surface area (Å²) in [5.74, 6) is -3.28. The van der Waals surface area contributed by atoms with Crippen LogP contribution < -0.4 is 0 Å². The Balaban J connectivity index is 1.80. The number of para-hydroxylation sites is 1. The van der Waals surface area contributed by atoms with E-state index < -0.39 is 40.2 Å². The summed E-state index contributed by atoms with van der Waals surface area (Å²) in [6.07, 6.45) is 4.11. The first-order valence-corrected chi connectivity index (χ1v) is 11.0. The predicted octanol–water partition coefficient (Wildman–Crippen LogP) is 4.66. The third-order valence-corrected chi connectivity index (χ3v) is 6.58. The average molecular weight is 488 g/mol. The van der Waals surface area contributed by atoms with Crippen molar-refractivity contribution in [2.75, 3.05) is 0 Å². The van der Waals surface area contributed by atoms with Gasteiger partial charge in [-0.2, -0.15) is 5.01 Å². The summed E-state index contributed by atoms with van der Waals surface area (Å²) < 4.78 is 0. The number of hydrogen-bond donors (Lipinski definition) is 0. The first kappa shape index (κ1) is 22.9. The summed E-state index contributed by atoms with van der Waals surface area (Å²) in [4.78, 5) is 51.2. The summed E-state index contributed by atoms with van der Waals surface area (Å²) in [6, 6.07) is 10.0. The number of carbonyl (C=O) groups excluding carboxylic acids is 3. The van der Waals surface area contributed by atoms with Crippen LogP contribution in [-0.4, -0.2) is 32.7 Å². The number of rotatable bonds is 5. The normalized spacial score (nSPS) is 21.8. The molecule has 10 heteroatoms. The van der Waals surface area contributed by atoms with Crippen molar-refractivity contribution in [2.45, 2.75) is 19.9 Å². The number of allylic oxidation sites excluding steroid dienone is 2. The van der Waals surface area contributed by atoms with Crippen LogP contribution in [0.25, 0.3) is 0 Å². The highest BCUT2D eigenvalue weighted by Crippen LogP contribution is 2.40. The smallest absolute Gasteiger partial charge is 0.272 e. The minimum absolute atomic E-state index is 0.188. The van der Waals surface area contributed by atoms with Crippen molar-refractivity contribution in [2.24, 2.45) is 17.8 Å². The zero-order chi connectivity index (χ0) is 23.9. The molecule has 0 N–H and O–H groups in total. The molecule has 1 aliphatic heterocycles. The average Bonchev–Trinajstić information content (AvgIpc) is 3.04. The van der Waals surface area contributed by atoms with Gasteiger partial charge in [0.1, 0.15) is 5.56 Å². The molecule has 0 unspecified atom stereocenters. The lowest BCUT2D eigenvalue weighted by atomic mass is 9.78. The lowest BCUT2D eigenvalue weighted by molar-refractivity contribution is -0.385.